The number of carbonyl (C=O) groups is 1. The maximum Gasteiger partial charge on any atom is 0.324 e. The van der Waals surface area contributed by atoms with Gasteiger partial charge in [0.1, 0.15) is 28.2 Å². The molecule has 0 saturated carbocycles. The predicted molar refractivity (Wildman–Crippen MR) is 102 cm³/mol. The summed E-state index contributed by atoms with van der Waals surface area (Å²) in [6.45, 7) is 4.40. The Balaban J connectivity index is 1.78. The van der Waals surface area contributed by atoms with Crippen molar-refractivity contribution in [1.82, 2.24) is 4.98 Å². The number of rotatable bonds is 7. The molecule has 1 aromatic heterocycles. The lowest BCUT2D eigenvalue weighted by Crippen LogP contribution is -2.23. The van der Waals surface area contributed by atoms with Crippen LogP contribution in [-0.2, 0) is 16.1 Å². The van der Waals surface area contributed by atoms with Crippen molar-refractivity contribution in [2.75, 3.05) is 6.61 Å². The molecule has 0 atom stereocenters. The van der Waals surface area contributed by atoms with Crippen LogP contribution in [0.2, 0.25) is 11.8 Å². The minimum Gasteiger partial charge on any atom is -0.477 e. The van der Waals surface area contributed by atoms with Crippen LogP contribution in [-0.4, -0.2) is 24.3 Å². The largest absolute Gasteiger partial charge is 0.477 e. The smallest absolute Gasteiger partial charge is 0.324 e. The fraction of sp³-hybridized carbons (Fsp3) is 0.316. The normalized spacial score (nSPS) is 12.4. The highest BCUT2D eigenvalue weighted by Crippen LogP contribution is 2.32. The molecule has 138 valence electrons. The summed E-state index contributed by atoms with van der Waals surface area (Å²) >= 11 is 6.21. The predicted octanol–water partition coefficient (Wildman–Crippen LogP) is 3.51. The summed E-state index contributed by atoms with van der Waals surface area (Å²) in [5, 5.41) is 9.48. The molecule has 2 aromatic rings. The SMILES string of the molecule is CB1OCc2cc(Oc3nc(OCCCC(C)=O)c(C#N)cc3Cl)ccc21. The molecule has 1 aliphatic rings. The Bertz CT molecular complexity index is 913. The van der Waals surface area contributed by atoms with Crippen LogP contribution in [0.5, 0.6) is 17.5 Å². The molecule has 6 nitrogen and oxygen atoms in total. The molecule has 1 aliphatic heterocycles. The molecule has 0 spiro atoms. The van der Waals surface area contributed by atoms with Crippen LogP contribution in [0, 0.1) is 11.3 Å². The van der Waals surface area contributed by atoms with E-state index in [1.54, 1.807) is 0 Å². The van der Waals surface area contributed by atoms with Crippen molar-refractivity contribution in [3.05, 3.63) is 40.4 Å². The zero-order chi connectivity index (χ0) is 19.4. The quantitative estimate of drug-likeness (QED) is 0.537. The molecular weight excluding hydrogens is 366 g/mol. The van der Waals surface area contributed by atoms with Gasteiger partial charge in [-0.2, -0.15) is 10.2 Å². The van der Waals surface area contributed by atoms with Crippen LogP contribution in [0.1, 0.15) is 30.9 Å². The van der Waals surface area contributed by atoms with Crippen molar-refractivity contribution in [3.63, 3.8) is 0 Å². The third-order valence-corrected chi connectivity index (χ3v) is 4.47. The summed E-state index contributed by atoms with van der Waals surface area (Å²) in [7, 11) is 0. The lowest BCUT2D eigenvalue weighted by atomic mass is 9.64. The molecule has 0 radical (unpaired) electrons. The number of hydrogen-bond acceptors (Lipinski definition) is 6. The van der Waals surface area contributed by atoms with E-state index in [0.29, 0.717) is 25.2 Å². The Morgan fingerprint density at radius 3 is 2.96 bits per heavy atom. The van der Waals surface area contributed by atoms with E-state index in [1.807, 2.05) is 31.1 Å². The number of hydrogen-bond donors (Lipinski definition) is 0. The van der Waals surface area contributed by atoms with E-state index in [1.165, 1.54) is 13.0 Å². The number of pyridine rings is 1. The lowest BCUT2D eigenvalue weighted by molar-refractivity contribution is -0.117. The van der Waals surface area contributed by atoms with Gasteiger partial charge in [0.2, 0.25) is 11.8 Å². The van der Waals surface area contributed by atoms with Gasteiger partial charge in [-0.15, -0.1) is 0 Å². The van der Waals surface area contributed by atoms with Gasteiger partial charge in [-0.25, -0.2) is 0 Å². The maximum atomic E-state index is 11.0. The number of halogens is 1. The van der Waals surface area contributed by atoms with Crippen molar-refractivity contribution < 1.29 is 18.9 Å². The van der Waals surface area contributed by atoms with Crippen molar-refractivity contribution in [3.8, 4) is 23.6 Å². The molecule has 0 aliphatic carbocycles. The van der Waals surface area contributed by atoms with Crippen molar-refractivity contribution in [2.45, 2.75) is 33.2 Å². The minimum absolute atomic E-state index is 0.0701. The van der Waals surface area contributed by atoms with Gasteiger partial charge in [0.05, 0.1) is 13.2 Å². The molecule has 1 aromatic carbocycles. The molecule has 3 rings (SSSR count). The molecule has 27 heavy (non-hydrogen) atoms. The van der Waals surface area contributed by atoms with E-state index >= 15 is 0 Å². The molecule has 0 fully saturated rings. The third-order valence-electron chi connectivity index (χ3n) is 4.20. The van der Waals surface area contributed by atoms with Crippen molar-refractivity contribution >= 4 is 29.8 Å². The number of nitriles is 1. The van der Waals surface area contributed by atoms with E-state index in [2.05, 4.69) is 4.98 Å². The zero-order valence-electron chi connectivity index (χ0n) is 15.1. The van der Waals surface area contributed by atoms with Crippen molar-refractivity contribution in [2.24, 2.45) is 0 Å². The van der Waals surface area contributed by atoms with E-state index in [4.69, 9.17) is 25.7 Å². The van der Waals surface area contributed by atoms with Crippen LogP contribution in [0.15, 0.2) is 24.3 Å². The number of ether oxygens (including phenoxy) is 2. The minimum atomic E-state index is 0.0701. The van der Waals surface area contributed by atoms with Gasteiger partial charge < -0.3 is 18.9 Å². The molecule has 0 saturated heterocycles. The zero-order valence-corrected chi connectivity index (χ0v) is 15.9. The van der Waals surface area contributed by atoms with Crippen LogP contribution >= 0.6 is 11.6 Å². The number of fused-ring (bicyclic) bond motifs is 1. The molecule has 0 amide bonds. The Hall–Kier alpha value is -2.56. The highest BCUT2D eigenvalue weighted by molar-refractivity contribution is 6.67. The second-order valence-corrected chi connectivity index (χ2v) is 6.72. The summed E-state index contributed by atoms with van der Waals surface area (Å²) in [4.78, 5) is 15.3. The van der Waals surface area contributed by atoms with E-state index in [-0.39, 0.29) is 41.7 Å². The number of ketones is 1. The summed E-state index contributed by atoms with van der Waals surface area (Å²) < 4.78 is 17.0. The number of aromatic nitrogens is 1. The molecular formula is C19H18BClN2O4. The van der Waals surface area contributed by atoms with Crippen LogP contribution in [0.3, 0.4) is 0 Å². The molecule has 0 bridgehead atoms. The van der Waals surface area contributed by atoms with Gasteiger partial charge in [-0.1, -0.05) is 24.5 Å². The second-order valence-electron chi connectivity index (χ2n) is 6.31. The summed E-state index contributed by atoms with van der Waals surface area (Å²) in [6.07, 6.45) is 0.957. The second kappa shape index (κ2) is 8.42. The maximum absolute atomic E-state index is 11.0. The van der Waals surface area contributed by atoms with Gasteiger partial charge >= 0.3 is 6.92 Å². The first-order valence-electron chi connectivity index (χ1n) is 8.63. The van der Waals surface area contributed by atoms with Crippen LogP contribution < -0.4 is 14.9 Å². The summed E-state index contributed by atoms with van der Waals surface area (Å²) in [5.74, 6) is 0.956. The molecule has 0 N–H and O–H groups in total. The van der Waals surface area contributed by atoms with E-state index in [0.717, 1.165) is 11.0 Å². The number of nitrogens with zero attached hydrogens (tertiary/aromatic N) is 2. The monoisotopic (exact) mass is 384 g/mol. The first-order chi connectivity index (χ1) is 13.0. The fourth-order valence-electron chi connectivity index (χ4n) is 2.79. The number of benzene rings is 1. The number of Topliss-reactive ketones (excluding diaryl/α,β-unsaturated/α-hetero) is 1. The topological polar surface area (TPSA) is 81.4 Å². The first-order valence-corrected chi connectivity index (χ1v) is 9.01. The van der Waals surface area contributed by atoms with Crippen molar-refractivity contribution in [1.29, 1.82) is 5.26 Å². The highest BCUT2D eigenvalue weighted by atomic mass is 35.5. The Morgan fingerprint density at radius 1 is 1.41 bits per heavy atom. The third kappa shape index (κ3) is 4.59. The van der Waals surface area contributed by atoms with Gasteiger partial charge in [0.25, 0.3) is 0 Å². The Kier molecular flexibility index (Phi) is 5.99. The molecule has 2 heterocycles. The first kappa shape index (κ1) is 19.2. The molecule has 0 unspecified atom stereocenters. The molecule has 8 heteroatoms. The fourth-order valence-corrected chi connectivity index (χ4v) is 2.98. The average Bonchev–Trinajstić information content (AvgIpc) is 3.01. The van der Waals surface area contributed by atoms with Crippen LogP contribution in [0.25, 0.3) is 0 Å². The number of carbonyl (C=O) groups excluding carboxylic acids is 1. The van der Waals surface area contributed by atoms with Gasteiger partial charge in [-0.3, -0.25) is 0 Å². The van der Waals surface area contributed by atoms with Gasteiger partial charge in [0, 0.05) is 6.42 Å². The highest BCUT2D eigenvalue weighted by Gasteiger charge is 2.23. The standard InChI is InChI=1S/C19H18BClN2O4/c1-12(24)4-3-7-25-18-13(10-22)9-17(21)19(23-18)27-15-5-6-16-14(8-15)11-26-20(16)2/h5-6,8-9H,3-4,7,11H2,1-2H3. The van der Waals surface area contributed by atoms with Gasteiger partial charge in [0.15, 0.2) is 0 Å². The summed E-state index contributed by atoms with van der Waals surface area (Å²) in [5.41, 5.74) is 2.41. The van der Waals surface area contributed by atoms with E-state index < -0.39 is 0 Å². The van der Waals surface area contributed by atoms with E-state index in [9.17, 15) is 10.1 Å². The Labute approximate surface area is 163 Å². The van der Waals surface area contributed by atoms with Crippen LogP contribution in [0.4, 0.5) is 0 Å². The lowest BCUT2D eigenvalue weighted by Gasteiger charge is -2.12. The summed E-state index contributed by atoms with van der Waals surface area (Å²) in [6, 6.07) is 9.14. The average molecular weight is 385 g/mol. The van der Waals surface area contributed by atoms with Gasteiger partial charge in [-0.05, 0) is 42.6 Å². The Morgan fingerprint density at radius 2 is 2.22 bits per heavy atom.